The Morgan fingerprint density at radius 1 is 1.18 bits per heavy atom. The normalized spacial score (nSPS) is 12.4. The molecule has 8 heteroatoms. The Hall–Kier alpha value is -1.12. The predicted octanol–water partition coefficient (Wildman–Crippen LogP) is -0.0773. The van der Waals surface area contributed by atoms with Gasteiger partial charge in [0.2, 0.25) is 10.0 Å². The van der Waals surface area contributed by atoms with Crippen LogP contribution < -0.4 is 4.72 Å². The highest BCUT2D eigenvalue weighted by Gasteiger charge is 2.18. The largest absolute Gasteiger partial charge is 0.392 e. The van der Waals surface area contributed by atoms with E-state index in [-0.39, 0.29) is 12.3 Å². The summed E-state index contributed by atoms with van der Waals surface area (Å²) < 4.78 is 47.0. The van der Waals surface area contributed by atoms with Crippen LogP contribution >= 0.6 is 0 Å². The molecule has 0 saturated carbocycles. The van der Waals surface area contributed by atoms with E-state index < -0.39 is 24.9 Å². The molecule has 0 aromatic heterocycles. The van der Waals surface area contributed by atoms with Gasteiger partial charge in [0, 0.05) is 11.8 Å². The molecule has 96 valence electrons. The van der Waals surface area contributed by atoms with Crippen molar-refractivity contribution in [1.29, 1.82) is 0 Å². The molecule has 0 aliphatic carbocycles. The summed E-state index contributed by atoms with van der Waals surface area (Å²) >= 11 is 0. The Labute approximate surface area is 100 Å². The van der Waals surface area contributed by atoms with Gasteiger partial charge in [0.25, 0.3) is 0 Å². The minimum Gasteiger partial charge on any atom is -0.392 e. The van der Waals surface area contributed by atoms with Gasteiger partial charge in [0.15, 0.2) is 14.9 Å². The molecule has 0 amide bonds. The molecule has 0 bridgehead atoms. The number of hydrogen-bond acceptors (Lipinski definition) is 5. The molecule has 0 fully saturated rings. The van der Waals surface area contributed by atoms with Gasteiger partial charge in [0.1, 0.15) is 0 Å². The van der Waals surface area contributed by atoms with Crippen LogP contribution in [0.3, 0.4) is 0 Å². The standard InChI is InChI=1S/C9H13NO5S2/c1-16(12,13)7-17(14,15)10-9-5-3-2-4-8(9)6-11/h2-5,10-11H,6-7H2,1H3. The second-order valence-corrected chi connectivity index (χ2v) is 7.80. The lowest BCUT2D eigenvalue weighted by atomic mass is 10.2. The molecule has 17 heavy (non-hydrogen) atoms. The molecular formula is C9H13NO5S2. The van der Waals surface area contributed by atoms with E-state index in [1.165, 1.54) is 12.1 Å². The molecule has 1 aromatic carbocycles. The molecule has 0 spiro atoms. The van der Waals surface area contributed by atoms with Gasteiger partial charge < -0.3 is 5.11 Å². The molecule has 0 unspecified atom stereocenters. The molecule has 0 aliphatic heterocycles. The molecule has 1 aromatic rings. The number of aliphatic hydroxyl groups excluding tert-OH is 1. The van der Waals surface area contributed by atoms with Gasteiger partial charge in [-0.25, -0.2) is 16.8 Å². The first-order chi connectivity index (χ1) is 7.73. The molecule has 1 rings (SSSR count). The summed E-state index contributed by atoms with van der Waals surface area (Å²) in [4.78, 5) is 0. The third kappa shape index (κ3) is 4.72. The zero-order valence-corrected chi connectivity index (χ0v) is 10.8. The predicted molar refractivity (Wildman–Crippen MR) is 64.6 cm³/mol. The van der Waals surface area contributed by atoms with Gasteiger partial charge in [0.05, 0.1) is 12.3 Å². The van der Waals surface area contributed by atoms with Gasteiger partial charge in [-0.3, -0.25) is 4.72 Å². The molecule has 2 N–H and O–H groups in total. The number of nitrogens with one attached hydrogen (secondary N) is 1. The van der Waals surface area contributed by atoms with E-state index in [0.717, 1.165) is 6.26 Å². The van der Waals surface area contributed by atoms with Gasteiger partial charge in [-0.15, -0.1) is 0 Å². The van der Waals surface area contributed by atoms with Gasteiger partial charge >= 0.3 is 0 Å². The fourth-order valence-corrected chi connectivity index (χ4v) is 4.26. The summed E-state index contributed by atoms with van der Waals surface area (Å²) in [6.07, 6.45) is 0.837. The van der Waals surface area contributed by atoms with Crippen molar-refractivity contribution in [1.82, 2.24) is 0 Å². The first kappa shape index (κ1) is 13.9. The van der Waals surface area contributed by atoms with E-state index in [4.69, 9.17) is 5.11 Å². The van der Waals surface area contributed by atoms with Crippen molar-refractivity contribution < 1.29 is 21.9 Å². The van der Waals surface area contributed by atoms with E-state index in [0.29, 0.717) is 5.56 Å². The highest BCUT2D eigenvalue weighted by atomic mass is 32.3. The number of rotatable bonds is 5. The zero-order valence-electron chi connectivity index (χ0n) is 9.12. The summed E-state index contributed by atoms with van der Waals surface area (Å²) in [6, 6.07) is 6.21. The Morgan fingerprint density at radius 2 is 1.76 bits per heavy atom. The zero-order chi connectivity index (χ0) is 13.1. The van der Waals surface area contributed by atoms with Crippen molar-refractivity contribution in [3.8, 4) is 0 Å². The van der Waals surface area contributed by atoms with Crippen LogP contribution in [-0.4, -0.2) is 33.3 Å². The maximum absolute atomic E-state index is 11.5. The third-order valence-electron chi connectivity index (χ3n) is 1.82. The van der Waals surface area contributed by atoms with Gasteiger partial charge in [-0.05, 0) is 6.07 Å². The number of aliphatic hydroxyl groups is 1. The molecular weight excluding hydrogens is 266 g/mol. The number of anilines is 1. The summed E-state index contributed by atoms with van der Waals surface area (Å²) in [5, 5.41) is 8.01. The van der Waals surface area contributed by atoms with Crippen LogP contribution in [0.25, 0.3) is 0 Å². The quantitative estimate of drug-likeness (QED) is 0.785. The first-order valence-electron chi connectivity index (χ1n) is 4.60. The van der Waals surface area contributed by atoms with E-state index >= 15 is 0 Å². The smallest absolute Gasteiger partial charge is 0.247 e. The average molecular weight is 279 g/mol. The minimum absolute atomic E-state index is 0.179. The van der Waals surface area contributed by atoms with Crippen molar-refractivity contribution >= 4 is 25.5 Å². The number of sulfone groups is 1. The van der Waals surface area contributed by atoms with Crippen LogP contribution in [-0.2, 0) is 26.5 Å². The summed E-state index contributed by atoms with van der Waals surface area (Å²) in [5.74, 6) is 0. The van der Waals surface area contributed by atoms with Crippen LogP contribution in [0.2, 0.25) is 0 Å². The van der Waals surface area contributed by atoms with E-state index in [2.05, 4.69) is 4.72 Å². The molecule has 0 radical (unpaired) electrons. The maximum Gasteiger partial charge on any atom is 0.247 e. The van der Waals surface area contributed by atoms with E-state index in [9.17, 15) is 16.8 Å². The number of hydrogen-bond donors (Lipinski definition) is 2. The lowest BCUT2D eigenvalue weighted by Crippen LogP contribution is -2.22. The monoisotopic (exact) mass is 279 g/mol. The van der Waals surface area contributed by atoms with Crippen molar-refractivity contribution in [2.45, 2.75) is 6.61 Å². The molecule has 0 saturated heterocycles. The Bertz CT molecular complexity index is 592. The van der Waals surface area contributed by atoms with Crippen LogP contribution in [0, 0.1) is 0 Å². The van der Waals surface area contributed by atoms with Crippen molar-refractivity contribution in [2.24, 2.45) is 0 Å². The number of para-hydroxylation sites is 1. The van der Waals surface area contributed by atoms with Gasteiger partial charge in [-0.1, -0.05) is 18.2 Å². The summed E-state index contributed by atoms with van der Waals surface area (Å²) in [7, 11) is -7.61. The molecule has 0 atom stereocenters. The highest BCUT2D eigenvalue weighted by molar-refractivity contribution is 8.08. The molecule has 0 heterocycles. The first-order valence-corrected chi connectivity index (χ1v) is 8.32. The van der Waals surface area contributed by atoms with Crippen molar-refractivity contribution in [3.05, 3.63) is 29.8 Å². The van der Waals surface area contributed by atoms with Crippen molar-refractivity contribution in [3.63, 3.8) is 0 Å². The highest BCUT2D eigenvalue weighted by Crippen LogP contribution is 2.16. The second kappa shape index (κ2) is 5.03. The lowest BCUT2D eigenvalue weighted by molar-refractivity contribution is 0.282. The SMILES string of the molecule is CS(=O)(=O)CS(=O)(=O)Nc1ccccc1CO. The van der Waals surface area contributed by atoms with Crippen LogP contribution in [0.1, 0.15) is 5.56 Å². The third-order valence-corrected chi connectivity index (χ3v) is 5.31. The van der Waals surface area contributed by atoms with E-state index in [1.807, 2.05) is 0 Å². The molecule has 0 aliphatic rings. The van der Waals surface area contributed by atoms with Crippen LogP contribution in [0.5, 0.6) is 0 Å². The van der Waals surface area contributed by atoms with Crippen molar-refractivity contribution in [2.75, 3.05) is 16.1 Å². The topological polar surface area (TPSA) is 101 Å². The van der Waals surface area contributed by atoms with Crippen LogP contribution in [0.15, 0.2) is 24.3 Å². The molecule has 6 nitrogen and oxygen atoms in total. The Morgan fingerprint density at radius 3 is 2.29 bits per heavy atom. The Kier molecular flexibility index (Phi) is 4.12. The number of benzene rings is 1. The van der Waals surface area contributed by atoms with E-state index in [1.54, 1.807) is 12.1 Å². The minimum atomic E-state index is -3.97. The fourth-order valence-electron chi connectivity index (χ4n) is 1.24. The fraction of sp³-hybridized carbons (Fsp3) is 0.333. The summed E-state index contributed by atoms with van der Waals surface area (Å²) in [5.41, 5.74) is 0.559. The average Bonchev–Trinajstić information content (AvgIpc) is 2.14. The summed E-state index contributed by atoms with van der Waals surface area (Å²) in [6.45, 7) is -0.336. The van der Waals surface area contributed by atoms with Crippen LogP contribution in [0.4, 0.5) is 5.69 Å². The lowest BCUT2D eigenvalue weighted by Gasteiger charge is -2.10. The number of sulfonamides is 1. The van der Waals surface area contributed by atoms with Gasteiger partial charge in [-0.2, -0.15) is 0 Å². The second-order valence-electron chi connectivity index (χ2n) is 3.58. The Balaban J connectivity index is 2.98. The maximum atomic E-state index is 11.5.